The Kier molecular flexibility index (Phi) is 2.95. The molecule has 0 aromatic carbocycles. The number of nitrogens with one attached hydrogen (secondary N) is 1. The van der Waals surface area contributed by atoms with Crippen molar-refractivity contribution in [2.75, 3.05) is 18.4 Å². The van der Waals surface area contributed by atoms with Crippen molar-refractivity contribution in [2.45, 2.75) is 26.8 Å². The summed E-state index contributed by atoms with van der Waals surface area (Å²) in [7, 11) is 0. The molecule has 0 saturated heterocycles. The van der Waals surface area contributed by atoms with Crippen molar-refractivity contribution in [1.82, 2.24) is 9.78 Å². The summed E-state index contributed by atoms with van der Waals surface area (Å²) in [5.74, 6) is 2.33. The molecular formula is C11H20N4. The summed E-state index contributed by atoms with van der Waals surface area (Å²) < 4.78 is 2.05. The summed E-state index contributed by atoms with van der Waals surface area (Å²) in [5, 5.41) is 7.97. The Morgan fingerprint density at radius 2 is 2.47 bits per heavy atom. The van der Waals surface area contributed by atoms with Gasteiger partial charge in [0.2, 0.25) is 0 Å². The van der Waals surface area contributed by atoms with Gasteiger partial charge in [0.15, 0.2) is 0 Å². The molecule has 0 spiro atoms. The molecule has 2 rings (SSSR count). The van der Waals surface area contributed by atoms with Gasteiger partial charge in [0.1, 0.15) is 5.82 Å². The third-order valence-corrected chi connectivity index (χ3v) is 2.78. The van der Waals surface area contributed by atoms with E-state index in [2.05, 4.69) is 35.0 Å². The zero-order valence-corrected chi connectivity index (χ0v) is 9.53. The Morgan fingerprint density at radius 3 is 3.13 bits per heavy atom. The molecule has 1 aromatic rings. The van der Waals surface area contributed by atoms with E-state index in [1.807, 2.05) is 0 Å². The first kappa shape index (κ1) is 10.5. The molecule has 0 aliphatic carbocycles. The highest BCUT2D eigenvalue weighted by Crippen LogP contribution is 2.19. The quantitative estimate of drug-likeness (QED) is 0.781. The molecule has 15 heavy (non-hydrogen) atoms. The maximum Gasteiger partial charge on any atom is 0.124 e. The van der Waals surface area contributed by atoms with Crippen LogP contribution in [-0.2, 0) is 13.0 Å². The Labute approximate surface area is 90.8 Å². The van der Waals surface area contributed by atoms with Crippen molar-refractivity contribution in [2.24, 2.45) is 17.6 Å². The number of rotatable bonds is 3. The van der Waals surface area contributed by atoms with Gasteiger partial charge in [0, 0.05) is 25.1 Å². The smallest absolute Gasteiger partial charge is 0.124 e. The first-order valence-electron chi connectivity index (χ1n) is 5.69. The van der Waals surface area contributed by atoms with Crippen LogP contribution < -0.4 is 11.1 Å². The topological polar surface area (TPSA) is 55.9 Å². The maximum absolute atomic E-state index is 5.67. The lowest BCUT2D eigenvalue weighted by Crippen LogP contribution is -2.32. The van der Waals surface area contributed by atoms with Gasteiger partial charge in [-0.15, -0.1) is 0 Å². The predicted molar refractivity (Wildman–Crippen MR) is 61.8 cm³/mol. The van der Waals surface area contributed by atoms with Crippen LogP contribution in [0.1, 0.15) is 19.5 Å². The molecule has 2 heterocycles. The Hall–Kier alpha value is -1.03. The number of nitrogens with two attached hydrogens (primary N) is 1. The van der Waals surface area contributed by atoms with Gasteiger partial charge in [0.05, 0.1) is 5.69 Å². The van der Waals surface area contributed by atoms with Crippen molar-refractivity contribution >= 4 is 5.82 Å². The second-order valence-corrected chi connectivity index (χ2v) is 4.78. The average molecular weight is 208 g/mol. The Bertz CT molecular complexity index is 329. The molecule has 1 aromatic heterocycles. The fourth-order valence-corrected chi connectivity index (χ4v) is 1.99. The fourth-order valence-electron chi connectivity index (χ4n) is 1.99. The van der Waals surface area contributed by atoms with E-state index in [1.54, 1.807) is 0 Å². The molecule has 0 saturated carbocycles. The Morgan fingerprint density at radius 1 is 1.67 bits per heavy atom. The molecule has 1 aliphatic heterocycles. The van der Waals surface area contributed by atoms with Gasteiger partial charge in [0.25, 0.3) is 0 Å². The van der Waals surface area contributed by atoms with Gasteiger partial charge in [-0.1, -0.05) is 13.8 Å². The van der Waals surface area contributed by atoms with E-state index in [9.17, 15) is 0 Å². The Balaban J connectivity index is 2.11. The molecule has 1 unspecified atom stereocenters. The molecule has 1 aliphatic rings. The number of hydrogen-bond acceptors (Lipinski definition) is 3. The summed E-state index contributed by atoms with van der Waals surface area (Å²) in [6.45, 7) is 7.09. The fraction of sp³-hybridized carbons (Fsp3) is 0.727. The van der Waals surface area contributed by atoms with Crippen LogP contribution in [0.3, 0.4) is 0 Å². The summed E-state index contributed by atoms with van der Waals surface area (Å²) in [6, 6.07) is 2.16. The van der Waals surface area contributed by atoms with Gasteiger partial charge in [-0.3, -0.25) is 0 Å². The minimum absolute atomic E-state index is 0.518. The molecule has 0 fully saturated rings. The van der Waals surface area contributed by atoms with Crippen molar-refractivity contribution in [3.63, 3.8) is 0 Å². The molecule has 84 valence electrons. The second-order valence-electron chi connectivity index (χ2n) is 4.78. The zero-order valence-electron chi connectivity index (χ0n) is 9.53. The molecule has 0 amide bonds. The van der Waals surface area contributed by atoms with Crippen molar-refractivity contribution < 1.29 is 0 Å². The lowest BCUT2D eigenvalue weighted by atomic mass is 10.1. The zero-order chi connectivity index (χ0) is 10.8. The van der Waals surface area contributed by atoms with Gasteiger partial charge in [-0.25, -0.2) is 4.68 Å². The highest BCUT2D eigenvalue weighted by atomic mass is 15.3. The molecule has 0 bridgehead atoms. The number of fused-ring (bicyclic) bond motifs is 1. The second kappa shape index (κ2) is 4.23. The van der Waals surface area contributed by atoms with Crippen LogP contribution in [0.4, 0.5) is 5.82 Å². The van der Waals surface area contributed by atoms with E-state index in [1.165, 1.54) is 5.69 Å². The van der Waals surface area contributed by atoms with Gasteiger partial charge in [-0.2, -0.15) is 5.10 Å². The van der Waals surface area contributed by atoms with Crippen LogP contribution in [0.15, 0.2) is 6.07 Å². The maximum atomic E-state index is 5.67. The van der Waals surface area contributed by atoms with Gasteiger partial charge >= 0.3 is 0 Å². The number of anilines is 1. The molecule has 1 atom stereocenters. The third-order valence-electron chi connectivity index (χ3n) is 2.78. The van der Waals surface area contributed by atoms with E-state index >= 15 is 0 Å². The summed E-state index contributed by atoms with van der Waals surface area (Å²) in [4.78, 5) is 0. The number of aromatic nitrogens is 2. The normalized spacial score (nSPS) is 20.1. The summed E-state index contributed by atoms with van der Waals surface area (Å²) in [6.07, 6.45) is 1.05. The first-order chi connectivity index (χ1) is 7.19. The third kappa shape index (κ3) is 2.31. The molecule has 0 radical (unpaired) electrons. The summed E-state index contributed by atoms with van der Waals surface area (Å²) in [5.41, 5.74) is 6.85. The first-order valence-corrected chi connectivity index (χ1v) is 5.69. The van der Waals surface area contributed by atoms with Crippen LogP contribution in [0.2, 0.25) is 0 Å². The van der Waals surface area contributed by atoms with E-state index in [-0.39, 0.29) is 0 Å². The minimum atomic E-state index is 0.518. The predicted octanol–water partition coefficient (Wildman–Crippen LogP) is 1.08. The van der Waals surface area contributed by atoms with Gasteiger partial charge < -0.3 is 11.1 Å². The van der Waals surface area contributed by atoms with Gasteiger partial charge in [-0.05, 0) is 18.9 Å². The average Bonchev–Trinajstić information content (AvgIpc) is 2.57. The SMILES string of the molecule is CC(C)Cc1cc2n(n1)CC(CN)CN2. The van der Waals surface area contributed by atoms with Crippen LogP contribution >= 0.6 is 0 Å². The molecular weight excluding hydrogens is 188 g/mol. The van der Waals surface area contributed by atoms with E-state index < -0.39 is 0 Å². The lowest BCUT2D eigenvalue weighted by Gasteiger charge is -2.23. The van der Waals surface area contributed by atoms with E-state index in [0.29, 0.717) is 11.8 Å². The van der Waals surface area contributed by atoms with E-state index in [0.717, 1.165) is 31.9 Å². The van der Waals surface area contributed by atoms with E-state index in [4.69, 9.17) is 5.73 Å². The van der Waals surface area contributed by atoms with Crippen molar-refractivity contribution in [1.29, 1.82) is 0 Å². The minimum Gasteiger partial charge on any atom is -0.370 e. The van der Waals surface area contributed by atoms with Crippen molar-refractivity contribution in [3.05, 3.63) is 11.8 Å². The monoisotopic (exact) mass is 208 g/mol. The highest BCUT2D eigenvalue weighted by Gasteiger charge is 2.18. The molecule has 4 heteroatoms. The molecule has 3 N–H and O–H groups in total. The standard InChI is InChI=1S/C11H20N4/c1-8(2)3-10-4-11-13-6-9(5-12)7-15(11)14-10/h4,8-9,13H,3,5-7,12H2,1-2H3. The lowest BCUT2D eigenvalue weighted by molar-refractivity contribution is 0.419. The number of nitrogens with zero attached hydrogens (tertiary/aromatic N) is 2. The van der Waals surface area contributed by atoms with Crippen molar-refractivity contribution in [3.8, 4) is 0 Å². The van der Waals surface area contributed by atoms with Crippen LogP contribution in [-0.4, -0.2) is 22.9 Å². The molecule has 4 nitrogen and oxygen atoms in total. The van der Waals surface area contributed by atoms with Crippen LogP contribution in [0.5, 0.6) is 0 Å². The van der Waals surface area contributed by atoms with Crippen LogP contribution in [0, 0.1) is 11.8 Å². The van der Waals surface area contributed by atoms with Crippen LogP contribution in [0.25, 0.3) is 0 Å². The summed E-state index contributed by atoms with van der Waals surface area (Å²) >= 11 is 0. The largest absolute Gasteiger partial charge is 0.370 e. The number of hydrogen-bond donors (Lipinski definition) is 2. The highest BCUT2D eigenvalue weighted by molar-refractivity contribution is 5.38.